The fraction of sp³-hybridized carbons (Fsp3) is 0.800. The van der Waals surface area contributed by atoms with Gasteiger partial charge in [-0.15, -0.1) is 0 Å². The van der Waals surface area contributed by atoms with Crippen molar-refractivity contribution in [1.29, 1.82) is 0 Å². The standard InChI is InChI=1S/C15H24O/c1-3-11(2)15(16)14-9-8-12-6-4-5-7-13(12)10-14/h3,12-14H,4-10H2,1-2H3/b11-3+. The fourth-order valence-electron chi connectivity index (χ4n) is 3.58. The zero-order chi connectivity index (χ0) is 11.5. The molecule has 0 aromatic rings. The predicted molar refractivity (Wildman–Crippen MR) is 67.2 cm³/mol. The molecule has 16 heavy (non-hydrogen) atoms. The average Bonchev–Trinajstić information content (AvgIpc) is 2.36. The lowest BCUT2D eigenvalue weighted by atomic mass is 9.66. The molecule has 2 saturated carbocycles. The van der Waals surface area contributed by atoms with Crippen LogP contribution in [0, 0.1) is 17.8 Å². The van der Waals surface area contributed by atoms with E-state index in [2.05, 4.69) is 0 Å². The van der Waals surface area contributed by atoms with Gasteiger partial charge in [-0.25, -0.2) is 0 Å². The molecule has 0 saturated heterocycles. The zero-order valence-corrected chi connectivity index (χ0v) is 10.7. The normalized spacial score (nSPS) is 35.6. The lowest BCUT2D eigenvalue weighted by Gasteiger charge is -2.38. The summed E-state index contributed by atoms with van der Waals surface area (Å²) in [5.74, 6) is 2.58. The molecular formula is C15H24O. The van der Waals surface area contributed by atoms with Crippen LogP contribution >= 0.6 is 0 Å². The van der Waals surface area contributed by atoms with Crippen molar-refractivity contribution in [2.24, 2.45) is 17.8 Å². The molecule has 0 aromatic heterocycles. The van der Waals surface area contributed by atoms with E-state index in [9.17, 15) is 4.79 Å². The van der Waals surface area contributed by atoms with Gasteiger partial charge in [0.1, 0.15) is 0 Å². The molecule has 0 bridgehead atoms. The summed E-state index contributed by atoms with van der Waals surface area (Å²) in [7, 11) is 0. The van der Waals surface area contributed by atoms with E-state index in [0.29, 0.717) is 11.7 Å². The van der Waals surface area contributed by atoms with Gasteiger partial charge in [-0.05, 0) is 50.5 Å². The van der Waals surface area contributed by atoms with E-state index in [4.69, 9.17) is 0 Å². The Balaban J connectivity index is 1.97. The predicted octanol–water partition coefficient (Wildman–Crippen LogP) is 4.13. The molecule has 0 radical (unpaired) electrons. The van der Waals surface area contributed by atoms with Crippen LogP contribution < -0.4 is 0 Å². The highest BCUT2D eigenvalue weighted by Gasteiger charge is 2.34. The van der Waals surface area contributed by atoms with E-state index in [1.54, 1.807) is 0 Å². The zero-order valence-electron chi connectivity index (χ0n) is 10.7. The van der Waals surface area contributed by atoms with E-state index in [-0.39, 0.29) is 0 Å². The Morgan fingerprint density at radius 3 is 2.44 bits per heavy atom. The number of hydrogen-bond donors (Lipinski definition) is 0. The minimum absolute atomic E-state index is 0.343. The van der Waals surface area contributed by atoms with Gasteiger partial charge in [-0.2, -0.15) is 0 Å². The quantitative estimate of drug-likeness (QED) is 0.639. The summed E-state index contributed by atoms with van der Waals surface area (Å²) in [5, 5.41) is 0. The summed E-state index contributed by atoms with van der Waals surface area (Å²) >= 11 is 0. The molecule has 0 N–H and O–H groups in total. The highest BCUT2D eigenvalue weighted by Crippen LogP contribution is 2.43. The molecule has 2 aliphatic rings. The molecular weight excluding hydrogens is 196 g/mol. The third kappa shape index (κ3) is 2.39. The van der Waals surface area contributed by atoms with E-state index in [0.717, 1.165) is 23.8 Å². The van der Waals surface area contributed by atoms with Crippen LogP contribution in [0.25, 0.3) is 0 Å². The minimum Gasteiger partial charge on any atom is -0.294 e. The molecule has 0 aliphatic heterocycles. The molecule has 90 valence electrons. The maximum Gasteiger partial charge on any atom is 0.161 e. The molecule has 2 rings (SSSR count). The summed E-state index contributed by atoms with van der Waals surface area (Å²) in [6.45, 7) is 3.94. The maximum atomic E-state index is 12.1. The lowest BCUT2D eigenvalue weighted by Crippen LogP contribution is -2.31. The Hall–Kier alpha value is -0.590. The number of carbonyl (C=O) groups excluding carboxylic acids is 1. The van der Waals surface area contributed by atoms with Crippen LogP contribution in [0.5, 0.6) is 0 Å². The summed E-state index contributed by atoms with van der Waals surface area (Å²) in [6.07, 6.45) is 11.2. The van der Waals surface area contributed by atoms with Crippen molar-refractivity contribution in [2.45, 2.75) is 58.8 Å². The molecule has 0 heterocycles. The Morgan fingerprint density at radius 2 is 1.75 bits per heavy atom. The minimum atomic E-state index is 0.343. The van der Waals surface area contributed by atoms with Gasteiger partial charge in [0.15, 0.2) is 5.78 Å². The first-order valence-corrected chi connectivity index (χ1v) is 6.89. The summed E-state index contributed by atoms with van der Waals surface area (Å²) < 4.78 is 0. The second-order valence-electron chi connectivity index (χ2n) is 5.65. The van der Waals surface area contributed by atoms with Gasteiger partial charge in [0.2, 0.25) is 0 Å². The number of fused-ring (bicyclic) bond motifs is 1. The van der Waals surface area contributed by atoms with Crippen LogP contribution in [-0.4, -0.2) is 5.78 Å². The molecule has 1 nitrogen and oxygen atoms in total. The molecule has 2 fully saturated rings. The summed E-state index contributed by atoms with van der Waals surface area (Å²) in [5.41, 5.74) is 0.972. The maximum absolute atomic E-state index is 12.1. The number of ketones is 1. The smallest absolute Gasteiger partial charge is 0.161 e. The second-order valence-corrected chi connectivity index (χ2v) is 5.65. The molecule has 0 spiro atoms. The third-order valence-corrected chi connectivity index (χ3v) is 4.73. The van der Waals surface area contributed by atoms with Crippen molar-refractivity contribution in [3.05, 3.63) is 11.6 Å². The Morgan fingerprint density at radius 1 is 1.06 bits per heavy atom. The SMILES string of the molecule is C/C=C(\C)C(=O)C1CCC2CCCCC2C1. The first-order valence-electron chi connectivity index (χ1n) is 6.89. The first-order chi connectivity index (χ1) is 7.72. The summed E-state index contributed by atoms with van der Waals surface area (Å²) in [4.78, 5) is 12.1. The van der Waals surface area contributed by atoms with E-state index >= 15 is 0 Å². The van der Waals surface area contributed by atoms with Crippen LogP contribution in [0.4, 0.5) is 0 Å². The molecule has 1 heteroatoms. The number of carbonyl (C=O) groups is 1. The van der Waals surface area contributed by atoms with Crippen LogP contribution in [-0.2, 0) is 4.79 Å². The molecule has 2 aliphatic carbocycles. The number of hydrogen-bond acceptors (Lipinski definition) is 1. The van der Waals surface area contributed by atoms with Gasteiger partial charge in [0, 0.05) is 5.92 Å². The fourth-order valence-corrected chi connectivity index (χ4v) is 3.58. The van der Waals surface area contributed by atoms with Gasteiger partial charge >= 0.3 is 0 Å². The molecule has 3 unspecified atom stereocenters. The molecule has 0 aromatic carbocycles. The third-order valence-electron chi connectivity index (χ3n) is 4.73. The monoisotopic (exact) mass is 220 g/mol. The van der Waals surface area contributed by atoms with Gasteiger partial charge in [-0.1, -0.05) is 31.8 Å². The Labute approximate surface area is 99.3 Å². The highest BCUT2D eigenvalue weighted by atomic mass is 16.1. The molecule has 0 amide bonds. The second kappa shape index (κ2) is 5.16. The van der Waals surface area contributed by atoms with Crippen molar-refractivity contribution < 1.29 is 4.79 Å². The van der Waals surface area contributed by atoms with Crippen molar-refractivity contribution in [2.75, 3.05) is 0 Å². The van der Waals surface area contributed by atoms with Crippen LogP contribution in [0.3, 0.4) is 0 Å². The van der Waals surface area contributed by atoms with Crippen LogP contribution in [0.1, 0.15) is 58.8 Å². The van der Waals surface area contributed by atoms with Crippen LogP contribution in [0.2, 0.25) is 0 Å². The van der Waals surface area contributed by atoms with Crippen molar-refractivity contribution >= 4 is 5.78 Å². The summed E-state index contributed by atoms with van der Waals surface area (Å²) in [6, 6.07) is 0. The van der Waals surface area contributed by atoms with E-state index < -0.39 is 0 Å². The van der Waals surface area contributed by atoms with Crippen molar-refractivity contribution in [1.82, 2.24) is 0 Å². The van der Waals surface area contributed by atoms with E-state index in [1.165, 1.54) is 38.5 Å². The van der Waals surface area contributed by atoms with Gasteiger partial charge in [0.25, 0.3) is 0 Å². The van der Waals surface area contributed by atoms with Gasteiger partial charge < -0.3 is 0 Å². The van der Waals surface area contributed by atoms with E-state index in [1.807, 2.05) is 19.9 Å². The number of rotatable bonds is 2. The lowest BCUT2D eigenvalue weighted by molar-refractivity contribution is -0.121. The highest BCUT2D eigenvalue weighted by molar-refractivity contribution is 5.96. The van der Waals surface area contributed by atoms with Crippen molar-refractivity contribution in [3.8, 4) is 0 Å². The van der Waals surface area contributed by atoms with Crippen molar-refractivity contribution in [3.63, 3.8) is 0 Å². The Bertz CT molecular complexity index is 290. The Kier molecular flexibility index (Phi) is 3.83. The topological polar surface area (TPSA) is 17.1 Å². The van der Waals surface area contributed by atoms with Gasteiger partial charge in [-0.3, -0.25) is 4.79 Å². The first kappa shape index (κ1) is 11.9. The molecule has 3 atom stereocenters. The largest absolute Gasteiger partial charge is 0.294 e. The number of allylic oxidation sites excluding steroid dienone is 2. The number of Topliss-reactive ketones (excluding diaryl/α,β-unsaturated/α-hetero) is 1. The van der Waals surface area contributed by atoms with Gasteiger partial charge in [0.05, 0.1) is 0 Å². The average molecular weight is 220 g/mol. The van der Waals surface area contributed by atoms with Crippen LogP contribution in [0.15, 0.2) is 11.6 Å².